The van der Waals surface area contributed by atoms with Crippen LogP contribution in [0.15, 0.2) is 47.5 Å². The van der Waals surface area contributed by atoms with Crippen molar-refractivity contribution in [3.05, 3.63) is 48.3 Å². The second-order valence-electron chi connectivity index (χ2n) is 6.38. The molecule has 1 aliphatic heterocycles. The first kappa shape index (κ1) is 20.1. The van der Waals surface area contributed by atoms with E-state index in [0.29, 0.717) is 18.9 Å². The van der Waals surface area contributed by atoms with E-state index >= 15 is 0 Å². The van der Waals surface area contributed by atoms with Crippen LogP contribution in [-0.4, -0.2) is 62.0 Å². The Hall–Kier alpha value is -2.69. The summed E-state index contributed by atoms with van der Waals surface area (Å²) in [5.41, 5.74) is 5.93. The lowest BCUT2D eigenvalue weighted by atomic mass is 10.2. The van der Waals surface area contributed by atoms with Crippen molar-refractivity contribution < 1.29 is 22.7 Å². The molecule has 10 heteroatoms. The summed E-state index contributed by atoms with van der Waals surface area (Å²) in [5.74, 6) is -1.19. The third-order valence-corrected chi connectivity index (χ3v) is 6.30. The summed E-state index contributed by atoms with van der Waals surface area (Å²) >= 11 is 0. The van der Waals surface area contributed by atoms with Gasteiger partial charge in [-0.3, -0.25) is 14.5 Å². The largest absolute Gasteiger partial charge is 0.379 e. The Morgan fingerprint density at radius 2 is 1.82 bits per heavy atom. The maximum absolute atomic E-state index is 13.1. The lowest BCUT2D eigenvalue weighted by Crippen LogP contribution is -2.40. The van der Waals surface area contributed by atoms with Gasteiger partial charge >= 0.3 is 0 Å². The van der Waals surface area contributed by atoms with Crippen LogP contribution in [0.4, 0.5) is 5.69 Å². The van der Waals surface area contributed by atoms with Crippen LogP contribution in [0.25, 0.3) is 0 Å². The number of sulfonamides is 1. The molecular weight excluding hydrogens is 384 g/mol. The third kappa shape index (κ3) is 4.08. The normalized spacial score (nSPS) is 15.3. The molecule has 1 aromatic carbocycles. The zero-order valence-electron chi connectivity index (χ0n) is 15.4. The van der Waals surface area contributed by atoms with Gasteiger partial charge in [0.2, 0.25) is 15.9 Å². The van der Waals surface area contributed by atoms with Crippen molar-refractivity contribution in [3.8, 4) is 0 Å². The fourth-order valence-electron chi connectivity index (χ4n) is 3.01. The number of morpholine rings is 1. The number of ether oxygens (including phenoxy) is 1. The van der Waals surface area contributed by atoms with Gasteiger partial charge in [0.1, 0.15) is 17.1 Å². The summed E-state index contributed by atoms with van der Waals surface area (Å²) in [7, 11) is -2.16. The predicted molar refractivity (Wildman–Crippen MR) is 102 cm³/mol. The lowest BCUT2D eigenvalue weighted by Gasteiger charge is -2.25. The van der Waals surface area contributed by atoms with Crippen LogP contribution in [0.5, 0.6) is 0 Å². The number of benzene rings is 1. The summed E-state index contributed by atoms with van der Waals surface area (Å²) in [6, 6.07) is 9.92. The standard InChI is InChI=1S/C18H22N4O5S/c1-20-12-15(28(25,26)21-7-9-27-10-8-21)11-16(20)18(24)22(13-17(19)23)14-5-3-2-4-6-14/h2-6,11-12H,7-10,13H2,1H3,(H2,19,23). The monoisotopic (exact) mass is 406 g/mol. The van der Waals surface area contributed by atoms with Gasteiger partial charge in [-0.15, -0.1) is 0 Å². The van der Waals surface area contributed by atoms with Gasteiger partial charge in [-0.25, -0.2) is 8.42 Å². The zero-order chi connectivity index (χ0) is 20.3. The zero-order valence-corrected chi connectivity index (χ0v) is 16.3. The summed E-state index contributed by atoms with van der Waals surface area (Å²) in [5, 5.41) is 0. The smallest absolute Gasteiger partial charge is 0.275 e. The second-order valence-corrected chi connectivity index (χ2v) is 8.32. The first-order valence-electron chi connectivity index (χ1n) is 8.70. The van der Waals surface area contributed by atoms with Crippen LogP contribution in [0, 0.1) is 0 Å². The van der Waals surface area contributed by atoms with Crippen LogP contribution in [0.3, 0.4) is 0 Å². The molecule has 0 bridgehead atoms. The van der Waals surface area contributed by atoms with Crippen molar-refractivity contribution in [3.63, 3.8) is 0 Å². The van der Waals surface area contributed by atoms with Crippen LogP contribution in [0.1, 0.15) is 10.5 Å². The summed E-state index contributed by atoms with van der Waals surface area (Å²) in [4.78, 5) is 25.8. The molecule has 0 spiro atoms. The number of para-hydroxylation sites is 1. The number of carbonyl (C=O) groups excluding carboxylic acids is 2. The average molecular weight is 406 g/mol. The van der Waals surface area contributed by atoms with Crippen molar-refractivity contribution in [2.75, 3.05) is 37.7 Å². The molecule has 1 aromatic heterocycles. The van der Waals surface area contributed by atoms with Gasteiger partial charge in [0, 0.05) is 32.0 Å². The van der Waals surface area contributed by atoms with Gasteiger partial charge in [0.05, 0.1) is 13.2 Å². The molecule has 1 saturated heterocycles. The average Bonchev–Trinajstić information content (AvgIpc) is 3.09. The number of hydrogen-bond donors (Lipinski definition) is 1. The second kappa shape index (κ2) is 8.13. The fourth-order valence-corrected chi connectivity index (χ4v) is 4.49. The minimum atomic E-state index is -3.74. The third-order valence-electron chi connectivity index (χ3n) is 4.43. The van der Waals surface area contributed by atoms with E-state index in [0.717, 1.165) is 0 Å². The Morgan fingerprint density at radius 1 is 1.18 bits per heavy atom. The van der Waals surface area contributed by atoms with Gasteiger partial charge in [0.15, 0.2) is 0 Å². The van der Waals surface area contributed by atoms with E-state index in [1.807, 2.05) is 0 Å². The Balaban J connectivity index is 1.94. The summed E-state index contributed by atoms with van der Waals surface area (Å²) in [6.45, 7) is 0.868. The van der Waals surface area contributed by atoms with Gasteiger partial charge in [-0.2, -0.15) is 4.31 Å². The number of nitrogens with two attached hydrogens (primary N) is 1. The fraction of sp³-hybridized carbons (Fsp3) is 0.333. The lowest BCUT2D eigenvalue weighted by molar-refractivity contribution is -0.116. The molecule has 9 nitrogen and oxygen atoms in total. The highest BCUT2D eigenvalue weighted by atomic mass is 32.2. The topological polar surface area (TPSA) is 115 Å². The van der Waals surface area contributed by atoms with Gasteiger partial charge in [0.25, 0.3) is 5.91 Å². The predicted octanol–water partition coefficient (Wildman–Crippen LogP) is 0.178. The number of carbonyl (C=O) groups is 2. The van der Waals surface area contributed by atoms with Gasteiger partial charge in [-0.1, -0.05) is 18.2 Å². The first-order valence-corrected chi connectivity index (χ1v) is 10.1. The molecule has 2 amide bonds. The van der Waals surface area contributed by atoms with Crippen LogP contribution in [-0.2, 0) is 26.6 Å². The molecular formula is C18H22N4O5S. The molecule has 150 valence electrons. The highest BCUT2D eigenvalue weighted by Crippen LogP contribution is 2.22. The number of nitrogens with zero attached hydrogens (tertiary/aromatic N) is 3. The van der Waals surface area contributed by atoms with Crippen LogP contribution < -0.4 is 10.6 Å². The Morgan fingerprint density at radius 3 is 2.43 bits per heavy atom. The number of aryl methyl sites for hydroxylation is 1. The Kier molecular flexibility index (Phi) is 5.82. The van der Waals surface area contributed by atoms with E-state index in [1.54, 1.807) is 37.4 Å². The molecule has 2 aromatic rings. The Labute approximate surface area is 163 Å². The highest BCUT2D eigenvalue weighted by Gasteiger charge is 2.30. The number of anilines is 1. The van der Waals surface area contributed by atoms with Gasteiger partial charge < -0.3 is 15.0 Å². The minimum Gasteiger partial charge on any atom is -0.379 e. The van der Waals surface area contributed by atoms with Crippen molar-refractivity contribution in [1.82, 2.24) is 8.87 Å². The van der Waals surface area contributed by atoms with Gasteiger partial charge in [-0.05, 0) is 18.2 Å². The highest BCUT2D eigenvalue weighted by molar-refractivity contribution is 7.89. The molecule has 0 unspecified atom stereocenters. The number of amides is 2. The number of hydrogen-bond acceptors (Lipinski definition) is 5. The SMILES string of the molecule is Cn1cc(S(=O)(=O)N2CCOCC2)cc1C(=O)N(CC(N)=O)c1ccccc1. The maximum atomic E-state index is 13.1. The van der Waals surface area contributed by atoms with Crippen molar-refractivity contribution in [2.24, 2.45) is 12.8 Å². The molecule has 1 fully saturated rings. The van der Waals surface area contributed by atoms with E-state index in [2.05, 4.69) is 0 Å². The number of primary amides is 1. The maximum Gasteiger partial charge on any atom is 0.275 e. The first-order chi connectivity index (χ1) is 13.3. The molecule has 3 rings (SSSR count). The van der Waals surface area contributed by atoms with E-state index < -0.39 is 21.8 Å². The molecule has 2 N–H and O–H groups in total. The molecule has 1 aliphatic rings. The number of rotatable bonds is 6. The quantitative estimate of drug-likeness (QED) is 0.735. The van der Waals surface area contributed by atoms with E-state index in [1.165, 1.54) is 26.0 Å². The van der Waals surface area contributed by atoms with E-state index in [9.17, 15) is 18.0 Å². The molecule has 0 radical (unpaired) electrons. The summed E-state index contributed by atoms with van der Waals surface area (Å²) in [6.07, 6.45) is 1.39. The molecule has 28 heavy (non-hydrogen) atoms. The van der Waals surface area contributed by atoms with Crippen molar-refractivity contribution >= 4 is 27.5 Å². The van der Waals surface area contributed by atoms with Crippen molar-refractivity contribution in [2.45, 2.75) is 4.90 Å². The van der Waals surface area contributed by atoms with Crippen LogP contribution in [0.2, 0.25) is 0 Å². The molecule has 2 heterocycles. The minimum absolute atomic E-state index is 0.0207. The van der Waals surface area contributed by atoms with E-state index in [4.69, 9.17) is 10.5 Å². The molecule has 0 atom stereocenters. The van der Waals surface area contributed by atoms with Crippen LogP contribution >= 0.6 is 0 Å². The molecule has 0 saturated carbocycles. The Bertz CT molecular complexity index is 965. The van der Waals surface area contributed by atoms with Crippen molar-refractivity contribution in [1.29, 1.82) is 0 Å². The number of aromatic nitrogens is 1. The van der Waals surface area contributed by atoms with E-state index in [-0.39, 0.29) is 30.2 Å². The summed E-state index contributed by atoms with van der Waals surface area (Å²) < 4.78 is 33.7. The molecule has 0 aliphatic carbocycles.